The fourth-order valence-corrected chi connectivity index (χ4v) is 4.31. The van der Waals surface area contributed by atoms with E-state index >= 15 is 0 Å². The van der Waals surface area contributed by atoms with Crippen molar-refractivity contribution in [1.29, 1.82) is 0 Å². The Labute approximate surface area is 155 Å². The molecule has 1 fully saturated rings. The van der Waals surface area contributed by atoms with Gasteiger partial charge in [0.15, 0.2) is 0 Å². The fraction of sp³-hybridized carbons (Fsp3) is 0.235. The van der Waals surface area contributed by atoms with Crippen molar-refractivity contribution < 1.29 is 17.9 Å². The van der Waals surface area contributed by atoms with Gasteiger partial charge in [-0.05, 0) is 52.7 Å². The second kappa shape index (κ2) is 7.05. The van der Waals surface area contributed by atoms with Gasteiger partial charge in [-0.25, -0.2) is 8.42 Å². The molecule has 0 aliphatic carbocycles. The lowest BCUT2D eigenvalue weighted by Gasteiger charge is -2.20. The minimum Gasteiger partial charge on any atom is -0.495 e. The summed E-state index contributed by atoms with van der Waals surface area (Å²) in [5, 5.41) is 0. The predicted octanol–water partition coefficient (Wildman–Crippen LogP) is 3.39. The number of carbonyl (C=O) groups excluding carboxylic acids is 1. The molecule has 1 aliphatic heterocycles. The summed E-state index contributed by atoms with van der Waals surface area (Å²) in [5.41, 5.74) is 0.914. The summed E-state index contributed by atoms with van der Waals surface area (Å²) in [6.45, 7) is 0.552. The lowest BCUT2D eigenvalue weighted by Crippen LogP contribution is -2.25. The quantitative estimate of drug-likeness (QED) is 0.797. The first kappa shape index (κ1) is 17.8. The SMILES string of the molecule is COc1ccc(S(=O)(=O)Nc2ccccc2Br)cc1N1CCCC1=O. The molecule has 8 heteroatoms. The van der Waals surface area contributed by atoms with E-state index in [-0.39, 0.29) is 10.8 Å². The van der Waals surface area contributed by atoms with E-state index in [2.05, 4.69) is 20.7 Å². The molecule has 1 heterocycles. The van der Waals surface area contributed by atoms with E-state index in [4.69, 9.17) is 4.74 Å². The second-order valence-corrected chi connectivity index (χ2v) is 8.10. The molecule has 3 rings (SSSR count). The molecule has 0 unspecified atom stereocenters. The lowest BCUT2D eigenvalue weighted by atomic mass is 10.2. The first-order valence-corrected chi connectivity index (χ1v) is 9.96. The largest absolute Gasteiger partial charge is 0.495 e. The Kier molecular flexibility index (Phi) is 5.01. The molecule has 132 valence electrons. The van der Waals surface area contributed by atoms with Crippen molar-refractivity contribution in [2.75, 3.05) is 23.3 Å². The molecule has 1 amide bonds. The Bertz CT molecular complexity index is 915. The highest BCUT2D eigenvalue weighted by Crippen LogP contribution is 2.34. The average molecular weight is 425 g/mol. The summed E-state index contributed by atoms with van der Waals surface area (Å²) in [5.74, 6) is 0.432. The Hall–Kier alpha value is -2.06. The standard InChI is InChI=1S/C17H17BrN2O4S/c1-24-16-9-8-12(11-15(16)20-10-4-7-17(20)21)25(22,23)19-14-6-3-2-5-13(14)18/h2-3,5-6,8-9,11,19H,4,7,10H2,1H3. The van der Waals surface area contributed by atoms with Crippen LogP contribution in [0, 0.1) is 0 Å². The summed E-state index contributed by atoms with van der Waals surface area (Å²) in [7, 11) is -2.31. The van der Waals surface area contributed by atoms with Gasteiger partial charge in [-0.2, -0.15) is 0 Å². The van der Waals surface area contributed by atoms with E-state index in [1.165, 1.54) is 19.2 Å². The fourth-order valence-electron chi connectivity index (χ4n) is 2.70. The number of para-hydroxylation sites is 1. The average Bonchev–Trinajstić information content (AvgIpc) is 3.02. The zero-order valence-corrected chi connectivity index (χ0v) is 15.9. The van der Waals surface area contributed by atoms with Gasteiger partial charge < -0.3 is 9.64 Å². The molecule has 25 heavy (non-hydrogen) atoms. The molecule has 0 saturated carbocycles. The maximum atomic E-state index is 12.7. The minimum atomic E-state index is -3.80. The molecule has 0 atom stereocenters. The zero-order chi connectivity index (χ0) is 18.0. The third-order valence-electron chi connectivity index (χ3n) is 3.94. The van der Waals surface area contributed by atoms with E-state index < -0.39 is 10.0 Å². The number of anilines is 2. The maximum Gasteiger partial charge on any atom is 0.262 e. The van der Waals surface area contributed by atoms with Gasteiger partial charge in [0.05, 0.1) is 23.4 Å². The Morgan fingerprint density at radius 1 is 1.20 bits per heavy atom. The Morgan fingerprint density at radius 3 is 2.60 bits per heavy atom. The summed E-state index contributed by atoms with van der Waals surface area (Å²) in [6, 6.07) is 11.5. The highest BCUT2D eigenvalue weighted by atomic mass is 79.9. The third kappa shape index (κ3) is 3.64. The van der Waals surface area contributed by atoms with E-state index in [9.17, 15) is 13.2 Å². The number of rotatable bonds is 5. The van der Waals surface area contributed by atoms with Gasteiger partial charge in [0.1, 0.15) is 5.75 Å². The van der Waals surface area contributed by atoms with Gasteiger partial charge in [-0.3, -0.25) is 9.52 Å². The lowest BCUT2D eigenvalue weighted by molar-refractivity contribution is -0.117. The van der Waals surface area contributed by atoms with Crippen LogP contribution in [0.5, 0.6) is 5.75 Å². The smallest absolute Gasteiger partial charge is 0.262 e. The van der Waals surface area contributed by atoms with Gasteiger partial charge in [0.25, 0.3) is 10.0 Å². The number of nitrogens with zero attached hydrogens (tertiary/aromatic N) is 1. The molecule has 0 bridgehead atoms. The van der Waals surface area contributed by atoms with E-state index in [0.29, 0.717) is 34.6 Å². The summed E-state index contributed by atoms with van der Waals surface area (Å²) < 4.78 is 33.9. The molecule has 1 aliphatic rings. The molecule has 6 nitrogen and oxygen atoms in total. The molecule has 0 radical (unpaired) electrons. The van der Waals surface area contributed by atoms with Crippen LogP contribution in [0.1, 0.15) is 12.8 Å². The van der Waals surface area contributed by atoms with Crippen molar-refractivity contribution in [3.8, 4) is 5.75 Å². The van der Waals surface area contributed by atoms with Crippen LogP contribution < -0.4 is 14.4 Å². The van der Waals surface area contributed by atoms with Crippen LogP contribution in [-0.2, 0) is 14.8 Å². The van der Waals surface area contributed by atoms with E-state index in [1.54, 1.807) is 35.2 Å². The van der Waals surface area contributed by atoms with Gasteiger partial charge in [-0.1, -0.05) is 12.1 Å². The van der Waals surface area contributed by atoms with Crippen LogP contribution in [-0.4, -0.2) is 28.0 Å². The third-order valence-corrected chi connectivity index (χ3v) is 6.00. The van der Waals surface area contributed by atoms with Crippen LogP contribution in [0.4, 0.5) is 11.4 Å². The number of hydrogen-bond acceptors (Lipinski definition) is 4. The van der Waals surface area contributed by atoms with Crippen molar-refractivity contribution >= 4 is 43.2 Å². The molecule has 1 saturated heterocycles. The van der Waals surface area contributed by atoms with E-state index in [1.807, 2.05) is 0 Å². The highest BCUT2D eigenvalue weighted by Gasteiger charge is 2.26. The topological polar surface area (TPSA) is 75.7 Å². The first-order valence-electron chi connectivity index (χ1n) is 7.68. The monoisotopic (exact) mass is 424 g/mol. The van der Waals surface area contributed by atoms with Gasteiger partial charge in [0, 0.05) is 17.4 Å². The summed E-state index contributed by atoms with van der Waals surface area (Å²) >= 11 is 3.32. The summed E-state index contributed by atoms with van der Waals surface area (Å²) in [4.78, 5) is 13.7. The number of carbonyl (C=O) groups is 1. The van der Waals surface area contributed by atoms with Crippen LogP contribution in [0.3, 0.4) is 0 Å². The number of ether oxygens (including phenoxy) is 1. The van der Waals surface area contributed by atoms with Gasteiger partial charge in [-0.15, -0.1) is 0 Å². The van der Waals surface area contributed by atoms with Crippen LogP contribution in [0.15, 0.2) is 51.8 Å². The van der Waals surface area contributed by atoms with Crippen molar-refractivity contribution in [2.24, 2.45) is 0 Å². The number of hydrogen-bond donors (Lipinski definition) is 1. The number of benzene rings is 2. The Morgan fingerprint density at radius 2 is 1.96 bits per heavy atom. The number of halogens is 1. The molecular weight excluding hydrogens is 408 g/mol. The molecule has 2 aromatic rings. The Balaban J connectivity index is 1.99. The van der Waals surface area contributed by atoms with Crippen LogP contribution in [0.2, 0.25) is 0 Å². The number of methoxy groups -OCH3 is 1. The van der Waals surface area contributed by atoms with Crippen molar-refractivity contribution in [3.05, 3.63) is 46.9 Å². The number of sulfonamides is 1. The number of nitrogens with one attached hydrogen (secondary N) is 1. The van der Waals surface area contributed by atoms with E-state index in [0.717, 1.165) is 6.42 Å². The number of amides is 1. The summed E-state index contributed by atoms with van der Waals surface area (Å²) in [6.07, 6.45) is 1.20. The normalized spacial score (nSPS) is 14.6. The first-order chi connectivity index (χ1) is 11.9. The van der Waals surface area contributed by atoms with Crippen LogP contribution in [0.25, 0.3) is 0 Å². The molecule has 0 spiro atoms. The molecule has 1 N–H and O–H groups in total. The van der Waals surface area contributed by atoms with Crippen molar-refractivity contribution in [1.82, 2.24) is 0 Å². The zero-order valence-electron chi connectivity index (χ0n) is 13.5. The van der Waals surface area contributed by atoms with Crippen molar-refractivity contribution in [3.63, 3.8) is 0 Å². The minimum absolute atomic E-state index is 0.0355. The second-order valence-electron chi connectivity index (χ2n) is 5.57. The van der Waals surface area contributed by atoms with Gasteiger partial charge >= 0.3 is 0 Å². The molecule has 0 aromatic heterocycles. The highest BCUT2D eigenvalue weighted by molar-refractivity contribution is 9.10. The molecule has 2 aromatic carbocycles. The molecular formula is C17H17BrN2O4S. The predicted molar refractivity (Wildman–Crippen MR) is 99.5 cm³/mol. The van der Waals surface area contributed by atoms with Crippen molar-refractivity contribution in [2.45, 2.75) is 17.7 Å². The maximum absolute atomic E-state index is 12.7. The van der Waals surface area contributed by atoms with Gasteiger partial charge in [0.2, 0.25) is 5.91 Å². The van der Waals surface area contributed by atoms with Crippen LogP contribution >= 0.6 is 15.9 Å².